The van der Waals surface area contributed by atoms with Crippen LogP contribution in [0.2, 0.25) is 0 Å². The third-order valence-corrected chi connectivity index (χ3v) is 4.18. The minimum Gasteiger partial charge on any atom is -0.312 e. The fraction of sp³-hybridized carbons (Fsp3) is 0.294. The smallest absolute Gasteiger partial charge is 0.123 e. The molecule has 1 N–H and O–H groups in total. The number of benzene rings is 2. The lowest BCUT2D eigenvalue weighted by molar-refractivity contribution is 0.435. The lowest BCUT2D eigenvalue weighted by Gasteiger charge is -2.37. The molecule has 0 radical (unpaired) electrons. The largest absolute Gasteiger partial charge is 0.312 e. The first-order chi connectivity index (χ1) is 9.20. The van der Waals surface area contributed by atoms with Gasteiger partial charge in [-0.25, -0.2) is 4.39 Å². The van der Waals surface area contributed by atoms with Crippen LogP contribution >= 0.6 is 0 Å². The van der Waals surface area contributed by atoms with Gasteiger partial charge in [0.05, 0.1) is 0 Å². The number of aryl methyl sites for hydroxylation is 1. The summed E-state index contributed by atoms with van der Waals surface area (Å²) in [7, 11) is 1.95. The Morgan fingerprint density at radius 2 is 2.00 bits per heavy atom. The van der Waals surface area contributed by atoms with Gasteiger partial charge in [-0.15, -0.1) is 0 Å². The van der Waals surface area contributed by atoms with E-state index in [1.54, 1.807) is 6.07 Å². The van der Waals surface area contributed by atoms with E-state index in [-0.39, 0.29) is 11.9 Å². The molecule has 3 rings (SSSR count). The summed E-state index contributed by atoms with van der Waals surface area (Å²) in [6.07, 6.45) is 1.07. The molecule has 1 nitrogen and oxygen atoms in total. The standard InChI is InChI=1S/C17H18FN/c1-11-7-8-13(18)10-15(11)17(19-2)16-9-12-5-3-4-6-14(12)16/h3-8,10,16-17,19H,9H2,1-2H3. The van der Waals surface area contributed by atoms with Crippen molar-refractivity contribution in [1.82, 2.24) is 5.32 Å². The van der Waals surface area contributed by atoms with Crippen LogP contribution in [0.25, 0.3) is 0 Å². The first-order valence-corrected chi connectivity index (χ1v) is 6.72. The highest BCUT2D eigenvalue weighted by molar-refractivity contribution is 5.44. The predicted octanol–water partition coefficient (Wildman–Crippen LogP) is 3.73. The summed E-state index contributed by atoms with van der Waals surface area (Å²) >= 11 is 0. The maximum atomic E-state index is 13.5. The number of rotatable bonds is 3. The normalized spacial score (nSPS) is 18.6. The van der Waals surface area contributed by atoms with E-state index in [9.17, 15) is 4.39 Å². The van der Waals surface area contributed by atoms with Gasteiger partial charge in [0.1, 0.15) is 5.82 Å². The highest BCUT2D eigenvalue weighted by Gasteiger charge is 2.33. The van der Waals surface area contributed by atoms with Crippen LogP contribution in [0.3, 0.4) is 0 Å². The number of fused-ring (bicyclic) bond motifs is 1. The van der Waals surface area contributed by atoms with Crippen molar-refractivity contribution in [3.8, 4) is 0 Å². The maximum Gasteiger partial charge on any atom is 0.123 e. The molecule has 1 aliphatic rings. The summed E-state index contributed by atoms with van der Waals surface area (Å²) in [6.45, 7) is 2.05. The van der Waals surface area contributed by atoms with Gasteiger partial charge in [0.25, 0.3) is 0 Å². The molecule has 1 aliphatic carbocycles. The third kappa shape index (κ3) is 2.06. The zero-order valence-corrected chi connectivity index (χ0v) is 11.3. The molecule has 0 spiro atoms. The van der Waals surface area contributed by atoms with E-state index in [1.165, 1.54) is 17.2 Å². The Bertz CT molecular complexity index is 606. The first kappa shape index (κ1) is 12.4. The van der Waals surface area contributed by atoms with E-state index in [2.05, 4.69) is 29.6 Å². The van der Waals surface area contributed by atoms with Gasteiger partial charge in [-0.3, -0.25) is 0 Å². The maximum absolute atomic E-state index is 13.5. The van der Waals surface area contributed by atoms with E-state index >= 15 is 0 Å². The van der Waals surface area contributed by atoms with Crippen molar-refractivity contribution in [3.05, 3.63) is 70.5 Å². The minimum absolute atomic E-state index is 0.159. The van der Waals surface area contributed by atoms with Crippen LogP contribution in [0, 0.1) is 12.7 Å². The van der Waals surface area contributed by atoms with Crippen LogP contribution in [0.4, 0.5) is 4.39 Å². The molecule has 2 aromatic carbocycles. The second-order valence-electron chi connectivity index (χ2n) is 5.28. The molecule has 0 aromatic heterocycles. The molecule has 0 aliphatic heterocycles. The molecule has 2 atom stereocenters. The number of likely N-dealkylation sites (N-methyl/N-ethyl adjacent to an activating group) is 1. The van der Waals surface area contributed by atoms with Gasteiger partial charge < -0.3 is 5.32 Å². The fourth-order valence-electron chi connectivity index (χ4n) is 3.11. The molecule has 98 valence electrons. The van der Waals surface area contributed by atoms with Crippen molar-refractivity contribution in [2.75, 3.05) is 7.05 Å². The van der Waals surface area contributed by atoms with Crippen LogP contribution in [0.5, 0.6) is 0 Å². The third-order valence-electron chi connectivity index (χ3n) is 4.18. The minimum atomic E-state index is -0.159. The summed E-state index contributed by atoms with van der Waals surface area (Å²) in [5, 5.41) is 3.36. The molecule has 19 heavy (non-hydrogen) atoms. The monoisotopic (exact) mass is 255 g/mol. The van der Waals surface area contributed by atoms with Gasteiger partial charge in [-0.05, 0) is 54.8 Å². The Kier molecular flexibility index (Phi) is 3.11. The molecule has 0 fully saturated rings. The Morgan fingerprint density at radius 1 is 1.21 bits per heavy atom. The van der Waals surface area contributed by atoms with Crippen LogP contribution in [-0.2, 0) is 6.42 Å². The molecule has 0 amide bonds. The van der Waals surface area contributed by atoms with Crippen molar-refractivity contribution in [3.63, 3.8) is 0 Å². The molecule has 0 saturated carbocycles. The van der Waals surface area contributed by atoms with E-state index in [0.29, 0.717) is 5.92 Å². The molecule has 0 heterocycles. The highest BCUT2D eigenvalue weighted by Crippen LogP contribution is 2.43. The van der Waals surface area contributed by atoms with Crippen LogP contribution < -0.4 is 5.32 Å². The molecule has 0 saturated heterocycles. The van der Waals surface area contributed by atoms with E-state index in [4.69, 9.17) is 0 Å². The Hall–Kier alpha value is -1.67. The van der Waals surface area contributed by atoms with Crippen molar-refractivity contribution in [2.45, 2.75) is 25.3 Å². The second kappa shape index (κ2) is 4.78. The summed E-state index contributed by atoms with van der Waals surface area (Å²) in [5.41, 5.74) is 5.03. The average Bonchev–Trinajstić information content (AvgIpc) is 2.39. The van der Waals surface area contributed by atoms with Gasteiger partial charge in [0, 0.05) is 12.0 Å². The van der Waals surface area contributed by atoms with Crippen LogP contribution in [0.1, 0.15) is 34.2 Å². The molecule has 0 bridgehead atoms. The van der Waals surface area contributed by atoms with Gasteiger partial charge in [-0.2, -0.15) is 0 Å². The summed E-state index contributed by atoms with van der Waals surface area (Å²) in [4.78, 5) is 0. The summed E-state index contributed by atoms with van der Waals surface area (Å²) in [6, 6.07) is 13.8. The molecule has 2 aromatic rings. The predicted molar refractivity (Wildman–Crippen MR) is 75.8 cm³/mol. The summed E-state index contributed by atoms with van der Waals surface area (Å²) < 4.78 is 13.5. The SMILES string of the molecule is CNC(c1cc(F)ccc1C)C1Cc2ccccc21. The summed E-state index contributed by atoms with van der Waals surface area (Å²) in [5.74, 6) is 0.287. The number of nitrogens with one attached hydrogen (secondary N) is 1. The second-order valence-corrected chi connectivity index (χ2v) is 5.28. The lowest BCUT2D eigenvalue weighted by atomic mass is 9.71. The van der Waals surface area contributed by atoms with E-state index in [1.807, 2.05) is 20.0 Å². The highest BCUT2D eigenvalue weighted by atomic mass is 19.1. The van der Waals surface area contributed by atoms with Gasteiger partial charge in [-0.1, -0.05) is 30.3 Å². The zero-order chi connectivity index (χ0) is 13.4. The average molecular weight is 255 g/mol. The van der Waals surface area contributed by atoms with Crippen LogP contribution in [-0.4, -0.2) is 7.05 Å². The van der Waals surface area contributed by atoms with Crippen LogP contribution in [0.15, 0.2) is 42.5 Å². The Morgan fingerprint density at radius 3 is 2.74 bits per heavy atom. The number of halogens is 1. The Labute approximate surface area is 113 Å². The molecule has 2 unspecified atom stereocenters. The van der Waals surface area contributed by atoms with Crippen molar-refractivity contribution in [1.29, 1.82) is 0 Å². The topological polar surface area (TPSA) is 12.0 Å². The van der Waals surface area contributed by atoms with E-state index in [0.717, 1.165) is 17.5 Å². The van der Waals surface area contributed by atoms with Crippen molar-refractivity contribution in [2.24, 2.45) is 0 Å². The number of hydrogen-bond acceptors (Lipinski definition) is 1. The molecular formula is C17H18FN. The van der Waals surface area contributed by atoms with Gasteiger partial charge in [0.2, 0.25) is 0 Å². The molecular weight excluding hydrogens is 237 g/mol. The van der Waals surface area contributed by atoms with Gasteiger partial charge >= 0.3 is 0 Å². The van der Waals surface area contributed by atoms with Crippen molar-refractivity contribution >= 4 is 0 Å². The molecule has 2 heteroatoms. The number of hydrogen-bond donors (Lipinski definition) is 1. The van der Waals surface area contributed by atoms with Crippen molar-refractivity contribution < 1.29 is 4.39 Å². The lowest BCUT2D eigenvalue weighted by Crippen LogP contribution is -2.31. The fourth-order valence-corrected chi connectivity index (χ4v) is 3.11. The van der Waals surface area contributed by atoms with Gasteiger partial charge in [0.15, 0.2) is 0 Å². The quantitative estimate of drug-likeness (QED) is 0.881. The van der Waals surface area contributed by atoms with E-state index < -0.39 is 0 Å². The first-order valence-electron chi connectivity index (χ1n) is 6.72. The zero-order valence-electron chi connectivity index (χ0n) is 11.3. The Balaban J connectivity index is 1.97.